The maximum atomic E-state index is 12.9. The van der Waals surface area contributed by atoms with Crippen LogP contribution >= 0.6 is 0 Å². The van der Waals surface area contributed by atoms with Crippen LogP contribution in [0.2, 0.25) is 0 Å². The molecule has 0 fully saturated rings. The smallest absolute Gasteiger partial charge is 0.290 e. The molecule has 0 saturated carbocycles. The van der Waals surface area contributed by atoms with E-state index in [1.54, 1.807) is 25.1 Å². The number of carbonyl (C=O) groups excluding carboxylic acids is 2. The van der Waals surface area contributed by atoms with Gasteiger partial charge in [0.05, 0.1) is 6.54 Å². The molecule has 3 rings (SSSR count). The number of furan rings is 1. The van der Waals surface area contributed by atoms with E-state index in [4.69, 9.17) is 9.15 Å². The van der Waals surface area contributed by atoms with Crippen molar-refractivity contribution < 1.29 is 27.5 Å². The molecule has 31 heavy (non-hydrogen) atoms. The van der Waals surface area contributed by atoms with Gasteiger partial charge in [-0.2, -0.15) is 0 Å². The summed E-state index contributed by atoms with van der Waals surface area (Å²) in [6, 6.07) is 14.5. The van der Waals surface area contributed by atoms with Crippen LogP contribution in [-0.2, 0) is 17.9 Å². The number of likely N-dealkylation sites (N-methyl/N-ethyl adjacent to an activating group) is 1. The average Bonchev–Trinajstić information content (AvgIpc) is 3.25. The molecule has 0 atom stereocenters. The Morgan fingerprint density at radius 2 is 1.61 bits per heavy atom. The number of halogens is 2. The molecule has 0 spiro atoms. The van der Waals surface area contributed by atoms with Crippen LogP contribution in [0.15, 0.2) is 65.1 Å². The van der Waals surface area contributed by atoms with Crippen LogP contribution in [0.4, 0.5) is 8.78 Å². The lowest BCUT2D eigenvalue weighted by Gasteiger charge is -2.19. The molecule has 0 bridgehead atoms. The zero-order chi connectivity index (χ0) is 22.2. The Balaban J connectivity index is 1.51. The fourth-order valence-corrected chi connectivity index (χ4v) is 2.77. The van der Waals surface area contributed by atoms with Gasteiger partial charge in [0.25, 0.3) is 5.91 Å². The maximum absolute atomic E-state index is 12.9. The molecule has 1 aromatic heterocycles. The van der Waals surface area contributed by atoms with E-state index in [-0.39, 0.29) is 43.0 Å². The van der Waals surface area contributed by atoms with Crippen LogP contribution in [0.3, 0.4) is 0 Å². The normalized spacial score (nSPS) is 10.5. The van der Waals surface area contributed by atoms with E-state index < -0.39 is 5.91 Å². The van der Waals surface area contributed by atoms with E-state index in [1.807, 2.05) is 0 Å². The number of hydrogen-bond acceptors (Lipinski definition) is 4. The monoisotopic (exact) mass is 428 g/mol. The van der Waals surface area contributed by atoms with E-state index in [9.17, 15) is 18.4 Å². The summed E-state index contributed by atoms with van der Waals surface area (Å²) >= 11 is 0. The Hall–Kier alpha value is -3.68. The van der Waals surface area contributed by atoms with Gasteiger partial charge in [0.2, 0.25) is 5.91 Å². The molecule has 2 aromatic carbocycles. The summed E-state index contributed by atoms with van der Waals surface area (Å²) in [6.45, 7) is 2.23. The lowest BCUT2D eigenvalue weighted by molar-refractivity contribution is -0.121. The molecule has 1 heterocycles. The first-order valence-corrected chi connectivity index (χ1v) is 9.72. The van der Waals surface area contributed by atoms with Crippen LogP contribution in [-0.4, -0.2) is 29.8 Å². The van der Waals surface area contributed by atoms with Crippen molar-refractivity contribution in [2.75, 3.05) is 13.1 Å². The van der Waals surface area contributed by atoms with Gasteiger partial charge < -0.3 is 19.4 Å². The number of hydrogen-bond donors (Lipinski definition) is 1. The molecule has 2 amide bonds. The van der Waals surface area contributed by atoms with E-state index in [1.165, 1.54) is 47.4 Å². The SMILES string of the molecule is CCN(CC(=O)NCc1ccc(F)cc1)C(=O)c1ccc(COc2ccc(F)cc2)o1. The number of nitrogens with one attached hydrogen (secondary N) is 1. The molecule has 0 saturated heterocycles. The summed E-state index contributed by atoms with van der Waals surface area (Å²) in [5.74, 6) is -0.495. The van der Waals surface area contributed by atoms with Crippen LogP contribution < -0.4 is 10.1 Å². The predicted octanol–water partition coefficient (Wildman–Crippen LogP) is 3.92. The van der Waals surface area contributed by atoms with Crippen LogP contribution in [0, 0.1) is 11.6 Å². The van der Waals surface area contributed by atoms with Crippen LogP contribution in [0.1, 0.15) is 28.8 Å². The predicted molar refractivity (Wildman–Crippen MR) is 109 cm³/mol. The van der Waals surface area contributed by atoms with Gasteiger partial charge in [-0.05, 0) is 61.0 Å². The summed E-state index contributed by atoms with van der Waals surface area (Å²) in [6.07, 6.45) is 0. The summed E-state index contributed by atoms with van der Waals surface area (Å²) in [5.41, 5.74) is 0.751. The minimum absolute atomic E-state index is 0.0726. The molecule has 0 aliphatic heterocycles. The highest BCUT2D eigenvalue weighted by Crippen LogP contribution is 2.16. The molecule has 0 unspecified atom stereocenters. The largest absolute Gasteiger partial charge is 0.486 e. The van der Waals surface area contributed by atoms with Crippen molar-refractivity contribution in [3.8, 4) is 5.75 Å². The highest BCUT2D eigenvalue weighted by Gasteiger charge is 2.20. The van der Waals surface area contributed by atoms with Gasteiger partial charge in [0.1, 0.15) is 29.8 Å². The Kier molecular flexibility index (Phi) is 7.37. The second kappa shape index (κ2) is 10.4. The van der Waals surface area contributed by atoms with E-state index in [0.717, 1.165) is 5.56 Å². The van der Waals surface area contributed by atoms with Crippen LogP contribution in [0.5, 0.6) is 5.75 Å². The molecule has 6 nitrogen and oxygen atoms in total. The molecular weight excluding hydrogens is 406 g/mol. The number of nitrogens with zero attached hydrogens (tertiary/aromatic N) is 1. The summed E-state index contributed by atoms with van der Waals surface area (Å²) in [4.78, 5) is 26.2. The second-order valence-corrected chi connectivity index (χ2v) is 6.73. The van der Waals surface area contributed by atoms with Crippen molar-refractivity contribution in [1.82, 2.24) is 10.2 Å². The number of carbonyl (C=O) groups is 2. The third-order valence-corrected chi connectivity index (χ3v) is 4.47. The zero-order valence-corrected chi connectivity index (χ0v) is 16.9. The van der Waals surface area contributed by atoms with Crippen LogP contribution in [0.25, 0.3) is 0 Å². The van der Waals surface area contributed by atoms with Gasteiger partial charge in [-0.1, -0.05) is 12.1 Å². The standard InChI is InChI=1S/C23H22F2N2O4/c1-2-27(14-22(28)26-13-16-3-5-17(24)6-4-16)23(29)21-12-11-20(31-21)15-30-19-9-7-18(25)8-10-19/h3-12H,2,13-15H2,1H3,(H,26,28). The third kappa shape index (κ3) is 6.40. The Morgan fingerprint density at radius 1 is 0.968 bits per heavy atom. The average molecular weight is 428 g/mol. The number of ether oxygens (including phenoxy) is 1. The summed E-state index contributed by atoms with van der Waals surface area (Å²) < 4.78 is 36.9. The highest BCUT2D eigenvalue weighted by atomic mass is 19.1. The first-order valence-electron chi connectivity index (χ1n) is 9.72. The van der Waals surface area contributed by atoms with Gasteiger partial charge in [-0.15, -0.1) is 0 Å². The quantitative estimate of drug-likeness (QED) is 0.561. The van der Waals surface area contributed by atoms with Gasteiger partial charge >= 0.3 is 0 Å². The first-order chi connectivity index (χ1) is 14.9. The Morgan fingerprint density at radius 3 is 2.26 bits per heavy atom. The molecule has 0 radical (unpaired) electrons. The summed E-state index contributed by atoms with van der Waals surface area (Å²) in [7, 11) is 0. The van der Waals surface area contributed by atoms with Gasteiger partial charge in [-0.3, -0.25) is 9.59 Å². The molecule has 8 heteroatoms. The zero-order valence-electron chi connectivity index (χ0n) is 16.9. The lowest BCUT2D eigenvalue weighted by Crippen LogP contribution is -2.40. The number of rotatable bonds is 9. The van der Waals surface area contributed by atoms with Crippen molar-refractivity contribution in [3.05, 3.63) is 89.4 Å². The first kappa shape index (κ1) is 22.0. The Bertz CT molecular complexity index is 1020. The van der Waals surface area contributed by atoms with E-state index >= 15 is 0 Å². The summed E-state index contributed by atoms with van der Waals surface area (Å²) in [5, 5.41) is 2.70. The molecular formula is C23H22F2N2O4. The van der Waals surface area contributed by atoms with Crippen molar-refractivity contribution in [2.45, 2.75) is 20.1 Å². The van der Waals surface area contributed by atoms with E-state index in [2.05, 4.69) is 5.32 Å². The van der Waals surface area contributed by atoms with E-state index in [0.29, 0.717) is 18.1 Å². The molecule has 1 N–H and O–H groups in total. The van der Waals surface area contributed by atoms with Crippen molar-refractivity contribution in [2.24, 2.45) is 0 Å². The molecule has 3 aromatic rings. The fraction of sp³-hybridized carbons (Fsp3) is 0.217. The minimum Gasteiger partial charge on any atom is -0.486 e. The van der Waals surface area contributed by atoms with Gasteiger partial charge in [0.15, 0.2) is 5.76 Å². The number of amides is 2. The van der Waals surface area contributed by atoms with Gasteiger partial charge in [-0.25, -0.2) is 8.78 Å². The van der Waals surface area contributed by atoms with Crippen molar-refractivity contribution in [1.29, 1.82) is 0 Å². The number of benzene rings is 2. The minimum atomic E-state index is -0.424. The van der Waals surface area contributed by atoms with Gasteiger partial charge in [0, 0.05) is 13.1 Å². The highest BCUT2D eigenvalue weighted by molar-refractivity contribution is 5.94. The van der Waals surface area contributed by atoms with Crippen molar-refractivity contribution >= 4 is 11.8 Å². The maximum Gasteiger partial charge on any atom is 0.290 e. The lowest BCUT2D eigenvalue weighted by atomic mass is 10.2. The molecule has 0 aliphatic carbocycles. The second-order valence-electron chi connectivity index (χ2n) is 6.73. The fourth-order valence-electron chi connectivity index (χ4n) is 2.77. The molecule has 0 aliphatic rings. The molecule has 162 valence electrons. The Labute approximate surface area is 178 Å². The van der Waals surface area contributed by atoms with Crippen molar-refractivity contribution in [3.63, 3.8) is 0 Å². The topological polar surface area (TPSA) is 71.8 Å². The third-order valence-electron chi connectivity index (χ3n) is 4.47.